The summed E-state index contributed by atoms with van der Waals surface area (Å²) < 4.78 is 0. The first-order chi connectivity index (χ1) is 7.25. The molecular formula is C10H12O6. The second-order valence-corrected chi connectivity index (χ2v) is 3.79. The van der Waals surface area contributed by atoms with Crippen LogP contribution >= 0.6 is 0 Å². The highest BCUT2D eigenvalue weighted by molar-refractivity contribution is 5.71. The maximum absolute atomic E-state index is 10.4. The monoisotopic (exact) mass is 228 g/mol. The molecule has 6 heteroatoms. The fourth-order valence-electron chi connectivity index (χ4n) is 1.41. The summed E-state index contributed by atoms with van der Waals surface area (Å²) in [5.41, 5.74) is -3.34. The minimum atomic E-state index is -1.67. The maximum atomic E-state index is 10.4. The Hall–Kier alpha value is -1.66. The lowest BCUT2D eigenvalue weighted by atomic mass is 9.86. The van der Waals surface area contributed by atoms with Crippen molar-refractivity contribution in [3.63, 3.8) is 0 Å². The summed E-state index contributed by atoms with van der Waals surface area (Å²) in [7, 11) is 0. The van der Waals surface area contributed by atoms with Gasteiger partial charge in [0.05, 0.1) is 12.8 Å². The molecule has 0 fully saturated rings. The van der Waals surface area contributed by atoms with Crippen molar-refractivity contribution < 1.29 is 30.0 Å². The Morgan fingerprint density at radius 2 is 1.06 bits per heavy atom. The lowest BCUT2D eigenvalue weighted by molar-refractivity contribution is -0.141. The Morgan fingerprint density at radius 3 is 1.25 bits per heavy atom. The Balaban J connectivity index is 2.78. The van der Waals surface area contributed by atoms with Gasteiger partial charge in [0.1, 0.15) is 11.2 Å². The van der Waals surface area contributed by atoms with Crippen molar-refractivity contribution in [3.05, 3.63) is 24.3 Å². The van der Waals surface area contributed by atoms with Crippen molar-refractivity contribution in [1.29, 1.82) is 0 Å². The fourth-order valence-corrected chi connectivity index (χ4v) is 1.41. The third-order valence-corrected chi connectivity index (χ3v) is 2.19. The van der Waals surface area contributed by atoms with E-state index in [1.54, 1.807) is 0 Å². The van der Waals surface area contributed by atoms with Crippen LogP contribution in [-0.2, 0) is 9.59 Å². The summed E-state index contributed by atoms with van der Waals surface area (Å²) in [5, 5.41) is 36.4. The molecule has 1 aliphatic carbocycles. The number of aliphatic hydroxyl groups is 2. The number of hydrogen-bond acceptors (Lipinski definition) is 4. The van der Waals surface area contributed by atoms with Gasteiger partial charge in [0.25, 0.3) is 0 Å². The first-order valence-electron chi connectivity index (χ1n) is 4.54. The van der Waals surface area contributed by atoms with Crippen LogP contribution < -0.4 is 0 Å². The lowest BCUT2D eigenvalue weighted by Crippen LogP contribution is -2.36. The predicted molar refractivity (Wildman–Crippen MR) is 52.7 cm³/mol. The molecule has 0 heterocycles. The van der Waals surface area contributed by atoms with Gasteiger partial charge < -0.3 is 20.4 Å². The van der Waals surface area contributed by atoms with Gasteiger partial charge in [0.2, 0.25) is 0 Å². The SMILES string of the molecule is O=C(O)CC1(O)C=CC(O)(CC(=O)O)C=C1. The highest BCUT2D eigenvalue weighted by atomic mass is 16.4. The van der Waals surface area contributed by atoms with Crippen LogP contribution in [0, 0.1) is 0 Å². The molecule has 0 saturated carbocycles. The molecule has 4 N–H and O–H groups in total. The van der Waals surface area contributed by atoms with Crippen molar-refractivity contribution in [2.75, 3.05) is 0 Å². The summed E-state index contributed by atoms with van der Waals surface area (Å²) in [6, 6.07) is 0. The van der Waals surface area contributed by atoms with E-state index in [1.807, 2.05) is 0 Å². The van der Waals surface area contributed by atoms with Crippen LogP contribution in [0.15, 0.2) is 24.3 Å². The van der Waals surface area contributed by atoms with E-state index in [4.69, 9.17) is 10.2 Å². The van der Waals surface area contributed by atoms with Crippen LogP contribution in [0.1, 0.15) is 12.8 Å². The first-order valence-corrected chi connectivity index (χ1v) is 4.54. The molecule has 1 aliphatic rings. The number of aliphatic carboxylic acids is 2. The molecule has 0 saturated heterocycles. The zero-order chi connectivity index (χ0) is 12.4. The minimum Gasteiger partial charge on any atom is -0.481 e. The molecule has 0 aromatic rings. The Labute approximate surface area is 91.1 Å². The van der Waals surface area contributed by atoms with Crippen LogP contribution in [0.5, 0.6) is 0 Å². The normalized spacial score (nSPS) is 32.6. The van der Waals surface area contributed by atoms with E-state index in [0.29, 0.717) is 0 Å². The number of carboxylic acids is 2. The average Bonchev–Trinajstić information content (AvgIpc) is 2.09. The van der Waals surface area contributed by atoms with Crippen LogP contribution in [0.4, 0.5) is 0 Å². The molecule has 6 nitrogen and oxygen atoms in total. The van der Waals surface area contributed by atoms with E-state index < -0.39 is 36.0 Å². The molecule has 0 radical (unpaired) electrons. The van der Waals surface area contributed by atoms with Gasteiger partial charge in [-0.2, -0.15) is 0 Å². The first kappa shape index (κ1) is 12.4. The van der Waals surface area contributed by atoms with Gasteiger partial charge in [-0.05, 0) is 24.3 Å². The van der Waals surface area contributed by atoms with Gasteiger partial charge in [-0.3, -0.25) is 9.59 Å². The van der Waals surface area contributed by atoms with Gasteiger partial charge >= 0.3 is 11.9 Å². The van der Waals surface area contributed by atoms with Crippen LogP contribution in [0.3, 0.4) is 0 Å². The quantitative estimate of drug-likeness (QED) is 0.483. The summed E-state index contributed by atoms with van der Waals surface area (Å²) in [5.74, 6) is -2.39. The van der Waals surface area contributed by atoms with Gasteiger partial charge in [-0.25, -0.2) is 0 Å². The van der Waals surface area contributed by atoms with Crippen LogP contribution in [0.2, 0.25) is 0 Å². The third-order valence-electron chi connectivity index (χ3n) is 2.19. The molecule has 0 amide bonds. The predicted octanol–water partition coefficient (Wildman–Crippen LogP) is -0.476. The lowest BCUT2D eigenvalue weighted by Gasteiger charge is -2.28. The Morgan fingerprint density at radius 1 is 0.812 bits per heavy atom. The highest BCUT2D eigenvalue weighted by Gasteiger charge is 2.33. The highest BCUT2D eigenvalue weighted by Crippen LogP contribution is 2.26. The van der Waals surface area contributed by atoms with E-state index >= 15 is 0 Å². The molecule has 0 aliphatic heterocycles. The zero-order valence-corrected chi connectivity index (χ0v) is 8.33. The second-order valence-electron chi connectivity index (χ2n) is 3.79. The van der Waals surface area contributed by atoms with Crippen molar-refractivity contribution in [1.82, 2.24) is 0 Å². The van der Waals surface area contributed by atoms with Gasteiger partial charge in [0, 0.05) is 0 Å². The van der Waals surface area contributed by atoms with E-state index in [0.717, 1.165) is 24.3 Å². The minimum absolute atomic E-state index is 0.539. The Kier molecular flexibility index (Phi) is 3.16. The molecule has 0 atom stereocenters. The topological polar surface area (TPSA) is 115 Å². The van der Waals surface area contributed by atoms with Crippen molar-refractivity contribution in [2.45, 2.75) is 24.0 Å². The smallest absolute Gasteiger partial charge is 0.306 e. The van der Waals surface area contributed by atoms with Crippen LogP contribution in [-0.4, -0.2) is 43.6 Å². The summed E-state index contributed by atoms with van der Waals surface area (Å²) in [6.07, 6.45) is 3.27. The van der Waals surface area contributed by atoms with Crippen LogP contribution in [0.25, 0.3) is 0 Å². The zero-order valence-electron chi connectivity index (χ0n) is 8.33. The largest absolute Gasteiger partial charge is 0.481 e. The van der Waals surface area contributed by atoms with E-state index in [1.165, 1.54) is 0 Å². The number of carboxylic acid groups (broad SMARTS) is 2. The molecule has 1 rings (SSSR count). The van der Waals surface area contributed by atoms with E-state index in [2.05, 4.69) is 0 Å². The standard InChI is InChI=1S/C10H12O6/c11-7(12)5-9(15)1-2-10(16,4-3-9)6-8(13)14/h1-4,15-16H,5-6H2,(H,11,12)(H,13,14). The number of hydrogen-bond donors (Lipinski definition) is 4. The van der Waals surface area contributed by atoms with Gasteiger partial charge in [0.15, 0.2) is 0 Å². The molecule has 0 spiro atoms. The molecule has 0 bridgehead atoms. The Bertz CT molecular complexity index is 320. The molecule has 88 valence electrons. The number of carbonyl (C=O) groups is 2. The van der Waals surface area contributed by atoms with E-state index in [9.17, 15) is 19.8 Å². The summed E-state index contributed by atoms with van der Waals surface area (Å²) in [4.78, 5) is 20.9. The van der Waals surface area contributed by atoms with Crippen molar-refractivity contribution in [3.8, 4) is 0 Å². The van der Waals surface area contributed by atoms with E-state index in [-0.39, 0.29) is 0 Å². The second kappa shape index (κ2) is 4.07. The summed E-state index contributed by atoms with van der Waals surface area (Å²) in [6.45, 7) is 0. The molecule has 0 aromatic heterocycles. The molecule has 16 heavy (non-hydrogen) atoms. The number of rotatable bonds is 4. The molecule has 0 aromatic carbocycles. The van der Waals surface area contributed by atoms with Gasteiger partial charge in [-0.1, -0.05) is 0 Å². The maximum Gasteiger partial charge on any atom is 0.306 e. The average molecular weight is 228 g/mol. The molecule has 0 unspecified atom stereocenters. The molecular weight excluding hydrogens is 216 g/mol. The fraction of sp³-hybridized carbons (Fsp3) is 0.400. The van der Waals surface area contributed by atoms with Crippen molar-refractivity contribution >= 4 is 11.9 Å². The summed E-state index contributed by atoms with van der Waals surface area (Å²) >= 11 is 0. The third kappa shape index (κ3) is 3.18. The van der Waals surface area contributed by atoms with Gasteiger partial charge in [-0.15, -0.1) is 0 Å². The van der Waals surface area contributed by atoms with Crippen molar-refractivity contribution in [2.24, 2.45) is 0 Å².